The van der Waals surface area contributed by atoms with Gasteiger partial charge in [0, 0.05) is 22.5 Å². The van der Waals surface area contributed by atoms with Crippen LogP contribution in [0.15, 0.2) is 69.9 Å². The van der Waals surface area contributed by atoms with E-state index in [9.17, 15) is 4.79 Å². The van der Waals surface area contributed by atoms with Crippen molar-refractivity contribution in [2.24, 2.45) is 0 Å². The highest BCUT2D eigenvalue weighted by Gasteiger charge is 2.10. The first-order valence-corrected chi connectivity index (χ1v) is 7.92. The van der Waals surface area contributed by atoms with E-state index in [0.717, 1.165) is 38.7 Å². The number of benzene rings is 3. The Bertz CT molecular complexity index is 1120. The summed E-state index contributed by atoms with van der Waals surface area (Å²) in [5.41, 5.74) is 4.13. The Balaban J connectivity index is 1.94. The normalized spacial score (nSPS) is 11.1. The molecule has 0 saturated carbocycles. The van der Waals surface area contributed by atoms with E-state index < -0.39 is 0 Å². The molecule has 1 N–H and O–H groups in total. The van der Waals surface area contributed by atoms with E-state index in [1.54, 1.807) is 0 Å². The fourth-order valence-corrected chi connectivity index (χ4v) is 3.04. The zero-order chi connectivity index (χ0) is 16.7. The molecule has 0 bridgehead atoms. The summed E-state index contributed by atoms with van der Waals surface area (Å²) in [6.45, 7) is 3.99. The van der Waals surface area contributed by atoms with Gasteiger partial charge >= 0.3 is 5.63 Å². The zero-order valence-electron chi connectivity index (χ0n) is 13.6. The number of anilines is 2. The first-order valence-electron chi connectivity index (χ1n) is 7.92. The lowest BCUT2D eigenvalue weighted by Gasteiger charge is -2.13. The second-order valence-corrected chi connectivity index (χ2v) is 6.01. The zero-order valence-corrected chi connectivity index (χ0v) is 13.6. The predicted octanol–water partition coefficient (Wildman–Crippen LogP) is 5.31. The molecule has 3 heteroatoms. The van der Waals surface area contributed by atoms with Crippen LogP contribution in [-0.4, -0.2) is 0 Å². The molecule has 3 nitrogen and oxygen atoms in total. The summed E-state index contributed by atoms with van der Waals surface area (Å²) in [6.07, 6.45) is 0. The molecule has 118 valence electrons. The molecule has 0 fully saturated rings. The molecular formula is C21H17NO2. The van der Waals surface area contributed by atoms with Crippen molar-refractivity contribution in [2.45, 2.75) is 13.8 Å². The summed E-state index contributed by atoms with van der Waals surface area (Å²) in [5.74, 6) is 0. The average Bonchev–Trinajstić information content (AvgIpc) is 2.59. The van der Waals surface area contributed by atoms with Crippen LogP contribution < -0.4 is 10.9 Å². The maximum absolute atomic E-state index is 12.0. The molecule has 1 aromatic heterocycles. The molecule has 0 spiro atoms. The molecule has 0 saturated heterocycles. The molecule has 4 aromatic rings. The molecule has 1 heterocycles. The van der Waals surface area contributed by atoms with Gasteiger partial charge in [0.15, 0.2) is 0 Å². The maximum atomic E-state index is 12.0. The third kappa shape index (κ3) is 2.35. The summed E-state index contributed by atoms with van der Waals surface area (Å²) in [7, 11) is 0. The van der Waals surface area contributed by atoms with E-state index in [0.29, 0.717) is 5.58 Å². The van der Waals surface area contributed by atoms with Crippen molar-refractivity contribution in [3.8, 4) is 0 Å². The Hall–Kier alpha value is -3.07. The molecule has 0 amide bonds. The van der Waals surface area contributed by atoms with Crippen molar-refractivity contribution in [3.05, 3.63) is 82.2 Å². The van der Waals surface area contributed by atoms with Crippen LogP contribution in [0.3, 0.4) is 0 Å². The molecular weight excluding hydrogens is 298 g/mol. The lowest BCUT2D eigenvalue weighted by atomic mass is 10.0. The standard InChI is InChI=1S/C21H17NO2/c1-13-10-11-17-19(12-20(23)24-21(17)14(13)2)22-18-9-5-7-15-6-3-4-8-16(15)18/h3-12,22H,1-2H3. The van der Waals surface area contributed by atoms with E-state index in [2.05, 4.69) is 23.5 Å². The van der Waals surface area contributed by atoms with Crippen LogP contribution in [0.2, 0.25) is 0 Å². The highest BCUT2D eigenvalue weighted by molar-refractivity contribution is 5.99. The average molecular weight is 315 g/mol. The molecule has 0 atom stereocenters. The number of rotatable bonds is 2. The smallest absolute Gasteiger partial charge is 0.338 e. The Morgan fingerprint density at radius 2 is 1.62 bits per heavy atom. The van der Waals surface area contributed by atoms with Gasteiger partial charge in [-0.1, -0.05) is 42.5 Å². The van der Waals surface area contributed by atoms with Gasteiger partial charge in [-0.05, 0) is 42.5 Å². The summed E-state index contributed by atoms with van der Waals surface area (Å²) in [6, 6.07) is 19.8. The highest BCUT2D eigenvalue weighted by atomic mass is 16.4. The van der Waals surface area contributed by atoms with E-state index in [1.165, 1.54) is 6.07 Å². The molecule has 0 aliphatic carbocycles. The van der Waals surface area contributed by atoms with Crippen molar-refractivity contribution >= 4 is 33.1 Å². The number of hydrogen-bond acceptors (Lipinski definition) is 3. The van der Waals surface area contributed by atoms with Gasteiger partial charge in [-0.2, -0.15) is 0 Å². The highest BCUT2D eigenvalue weighted by Crippen LogP contribution is 2.31. The Morgan fingerprint density at radius 3 is 2.50 bits per heavy atom. The van der Waals surface area contributed by atoms with Gasteiger partial charge in [0.25, 0.3) is 0 Å². The lowest BCUT2D eigenvalue weighted by molar-refractivity contribution is 0.559. The number of aryl methyl sites for hydroxylation is 2. The predicted molar refractivity (Wildman–Crippen MR) is 99.2 cm³/mol. The topological polar surface area (TPSA) is 42.2 Å². The fraction of sp³-hybridized carbons (Fsp3) is 0.0952. The molecule has 24 heavy (non-hydrogen) atoms. The lowest BCUT2D eigenvalue weighted by Crippen LogP contribution is -2.02. The third-order valence-electron chi connectivity index (χ3n) is 4.49. The molecule has 4 rings (SSSR count). The van der Waals surface area contributed by atoms with Gasteiger partial charge < -0.3 is 9.73 Å². The van der Waals surface area contributed by atoms with Crippen LogP contribution in [0.4, 0.5) is 11.4 Å². The monoisotopic (exact) mass is 315 g/mol. The fourth-order valence-electron chi connectivity index (χ4n) is 3.04. The Labute approximate surface area is 139 Å². The second-order valence-electron chi connectivity index (χ2n) is 6.01. The second kappa shape index (κ2) is 5.53. The minimum absolute atomic E-state index is 0.348. The molecule has 0 radical (unpaired) electrons. The van der Waals surface area contributed by atoms with Crippen LogP contribution in [0.5, 0.6) is 0 Å². The van der Waals surface area contributed by atoms with Crippen LogP contribution >= 0.6 is 0 Å². The summed E-state index contributed by atoms with van der Waals surface area (Å²) in [5, 5.41) is 6.60. The van der Waals surface area contributed by atoms with Crippen molar-refractivity contribution in [2.75, 3.05) is 5.32 Å². The van der Waals surface area contributed by atoms with Crippen LogP contribution in [0.1, 0.15) is 11.1 Å². The number of nitrogens with one attached hydrogen (secondary N) is 1. The number of hydrogen-bond donors (Lipinski definition) is 1. The quantitative estimate of drug-likeness (QED) is 0.510. The third-order valence-corrected chi connectivity index (χ3v) is 4.49. The van der Waals surface area contributed by atoms with Crippen LogP contribution in [-0.2, 0) is 0 Å². The van der Waals surface area contributed by atoms with Crippen molar-refractivity contribution in [3.63, 3.8) is 0 Å². The van der Waals surface area contributed by atoms with Gasteiger partial charge in [-0.25, -0.2) is 4.79 Å². The van der Waals surface area contributed by atoms with E-state index in [-0.39, 0.29) is 5.63 Å². The van der Waals surface area contributed by atoms with E-state index >= 15 is 0 Å². The van der Waals surface area contributed by atoms with Gasteiger partial charge in [0.2, 0.25) is 0 Å². The number of fused-ring (bicyclic) bond motifs is 2. The molecule has 0 aliphatic heterocycles. The SMILES string of the molecule is Cc1ccc2c(Nc3cccc4ccccc34)cc(=O)oc2c1C. The first kappa shape index (κ1) is 14.5. The maximum Gasteiger partial charge on any atom is 0.338 e. The Morgan fingerprint density at radius 1 is 0.833 bits per heavy atom. The minimum atomic E-state index is -0.348. The molecule has 3 aromatic carbocycles. The summed E-state index contributed by atoms with van der Waals surface area (Å²) < 4.78 is 5.44. The largest absolute Gasteiger partial charge is 0.422 e. The van der Waals surface area contributed by atoms with Gasteiger partial charge in [0.1, 0.15) is 5.58 Å². The van der Waals surface area contributed by atoms with Crippen LogP contribution in [0.25, 0.3) is 21.7 Å². The first-order chi connectivity index (χ1) is 11.6. The summed E-state index contributed by atoms with van der Waals surface area (Å²) in [4.78, 5) is 12.0. The van der Waals surface area contributed by atoms with E-state index in [4.69, 9.17) is 4.42 Å². The van der Waals surface area contributed by atoms with Gasteiger partial charge in [-0.3, -0.25) is 0 Å². The minimum Gasteiger partial charge on any atom is -0.422 e. The van der Waals surface area contributed by atoms with Crippen LogP contribution in [0, 0.1) is 13.8 Å². The van der Waals surface area contributed by atoms with E-state index in [1.807, 2.05) is 50.2 Å². The Kier molecular flexibility index (Phi) is 3.35. The summed E-state index contributed by atoms with van der Waals surface area (Å²) >= 11 is 0. The van der Waals surface area contributed by atoms with Gasteiger partial charge in [-0.15, -0.1) is 0 Å². The van der Waals surface area contributed by atoms with Crippen molar-refractivity contribution in [1.29, 1.82) is 0 Å². The van der Waals surface area contributed by atoms with Crippen molar-refractivity contribution < 1.29 is 4.42 Å². The molecule has 0 aliphatic rings. The van der Waals surface area contributed by atoms with Gasteiger partial charge in [0.05, 0.1) is 5.69 Å². The van der Waals surface area contributed by atoms with Crippen molar-refractivity contribution in [1.82, 2.24) is 0 Å². The molecule has 0 unspecified atom stereocenters.